The lowest BCUT2D eigenvalue weighted by atomic mass is 9.97. The Balaban J connectivity index is 1.16. The number of hydrogen-bond acceptors (Lipinski definition) is 4. The number of rotatable bonds is 7. The Morgan fingerprint density at radius 2 is 1.26 bits per heavy atom. The number of nitrogens with one attached hydrogen (secondary N) is 1. The quantitative estimate of drug-likeness (QED) is 0.186. The molecule has 2 aliphatic rings. The third-order valence-corrected chi connectivity index (χ3v) is 12.3. The van der Waals surface area contributed by atoms with Gasteiger partial charge in [-0.1, -0.05) is 164 Å². The average molecular weight is 734 g/mol. The lowest BCUT2D eigenvalue weighted by Crippen LogP contribution is -2.50. The van der Waals surface area contributed by atoms with Crippen molar-refractivity contribution in [2.45, 2.75) is 160 Å². The van der Waals surface area contributed by atoms with Crippen molar-refractivity contribution < 1.29 is 9.84 Å². The first-order valence-corrected chi connectivity index (χ1v) is 22.2. The van der Waals surface area contributed by atoms with Crippen LogP contribution in [0.25, 0.3) is 21.7 Å². The van der Waals surface area contributed by atoms with Crippen molar-refractivity contribution in [3.8, 4) is 5.75 Å². The van der Waals surface area contributed by atoms with E-state index in [2.05, 4.69) is 81.5 Å². The first-order valence-electron chi connectivity index (χ1n) is 22.2. The molecule has 3 unspecified atom stereocenters. The zero-order chi connectivity index (χ0) is 37.0. The van der Waals surface area contributed by atoms with E-state index in [0.717, 1.165) is 49.1 Å². The maximum atomic E-state index is 11.6. The molecule has 0 saturated carbocycles. The second-order valence-corrected chi connectivity index (χ2v) is 16.7. The lowest BCUT2D eigenvalue weighted by molar-refractivity contribution is 0.0307. The van der Waals surface area contributed by atoms with Gasteiger partial charge in [0.05, 0.1) is 0 Å². The van der Waals surface area contributed by atoms with Gasteiger partial charge >= 0.3 is 0 Å². The Morgan fingerprint density at radius 1 is 0.630 bits per heavy atom. The van der Waals surface area contributed by atoms with Gasteiger partial charge in [0.15, 0.2) is 0 Å². The number of nitrogens with zero attached hydrogens (tertiary/aromatic N) is 2. The van der Waals surface area contributed by atoms with Crippen LogP contribution in [0.3, 0.4) is 0 Å². The summed E-state index contributed by atoms with van der Waals surface area (Å²) >= 11 is 0. The molecule has 0 amide bonds. The molecule has 2 aliphatic heterocycles. The molecule has 5 nitrogen and oxygen atoms in total. The normalized spacial score (nSPS) is 22.6. The minimum absolute atomic E-state index is 0.300. The lowest BCUT2D eigenvalue weighted by Gasteiger charge is -2.40. The summed E-state index contributed by atoms with van der Waals surface area (Å²) in [7, 11) is 0. The van der Waals surface area contributed by atoms with Crippen LogP contribution >= 0.6 is 0 Å². The SMILES string of the molecule is OC(COc1cccc2[nH]ccc12)CN1CC2CC=CCC1CCCCCCCCCCCCCCCCCCCCN2Cc1ccc2ccccc2c1. The number of aliphatic hydroxyl groups excluding tert-OH is 1. The second kappa shape index (κ2) is 23.1. The smallest absolute Gasteiger partial charge is 0.128 e. The number of aliphatic hydroxyl groups is 1. The van der Waals surface area contributed by atoms with Crippen LogP contribution in [0, 0.1) is 0 Å². The molecule has 0 aliphatic carbocycles. The van der Waals surface area contributed by atoms with E-state index in [0.29, 0.717) is 25.2 Å². The number of fused-ring (bicyclic) bond motifs is 5. The van der Waals surface area contributed by atoms with E-state index < -0.39 is 6.10 Å². The molecule has 1 aromatic heterocycles. The summed E-state index contributed by atoms with van der Waals surface area (Å²) in [5, 5.41) is 15.3. The van der Waals surface area contributed by atoms with Crippen molar-refractivity contribution in [2.75, 3.05) is 26.2 Å². The Bertz CT molecular complexity index is 1650. The van der Waals surface area contributed by atoms with Crippen LogP contribution in [0.2, 0.25) is 0 Å². The van der Waals surface area contributed by atoms with Gasteiger partial charge in [-0.2, -0.15) is 0 Å². The first-order chi connectivity index (χ1) is 26.7. The molecule has 3 heterocycles. The van der Waals surface area contributed by atoms with Crippen LogP contribution < -0.4 is 4.74 Å². The first kappa shape index (κ1) is 40.5. The molecular weight excluding hydrogens is 663 g/mol. The maximum absolute atomic E-state index is 11.6. The predicted octanol–water partition coefficient (Wildman–Crippen LogP) is 12.4. The molecule has 54 heavy (non-hydrogen) atoms. The monoisotopic (exact) mass is 734 g/mol. The average Bonchev–Trinajstić information content (AvgIpc) is 3.67. The van der Waals surface area contributed by atoms with Crippen LogP contribution in [-0.2, 0) is 6.54 Å². The topological polar surface area (TPSA) is 51.7 Å². The molecule has 3 atom stereocenters. The number of benzene rings is 3. The summed E-state index contributed by atoms with van der Waals surface area (Å²) in [6.07, 6.45) is 34.5. The molecule has 2 N–H and O–H groups in total. The van der Waals surface area contributed by atoms with Crippen molar-refractivity contribution >= 4 is 21.7 Å². The maximum Gasteiger partial charge on any atom is 0.128 e. The number of hydrogen-bond donors (Lipinski definition) is 2. The molecule has 1 saturated heterocycles. The summed E-state index contributed by atoms with van der Waals surface area (Å²) in [6, 6.07) is 24.8. The molecule has 5 heteroatoms. The zero-order valence-corrected chi connectivity index (χ0v) is 33.4. The highest BCUT2D eigenvalue weighted by Crippen LogP contribution is 2.27. The molecule has 4 aromatic rings. The van der Waals surface area contributed by atoms with Gasteiger partial charge in [0, 0.05) is 48.8 Å². The van der Waals surface area contributed by atoms with E-state index in [1.807, 2.05) is 18.3 Å². The highest BCUT2D eigenvalue weighted by atomic mass is 16.5. The highest BCUT2D eigenvalue weighted by molar-refractivity contribution is 5.85. The summed E-state index contributed by atoms with van der Waals surface area (Å²) in [5.41, 5.74) is 2.47. The molecular formula is C49H71N3O2. The molecule has 0 radical (unpaired) electrons. The Morgan fingerprint density at radius 3 is 1.96 bits per heavy atom. The molecule has 2 bridgehead atoms. The summed E-state index contributed by atoms with van der Waals surface area (Å²) in [4.78, 5) is 8.74. The van der Waals surface area contributed by atoms with Crippen LogP contribution in [0.15, 0.2) is 85.1 Å². The molecule has 3 aromatic carbocycles. The number of aromatic amines is 1. The van der Waals surface area contributed by atoms with Crippen LogP contribution in [0.5, 0.6) is 5.75 Å². The van der Waals surface area contributed by atoms with Gasteiger partial charge in [-0.15, -0.1) is 0 Å². The molecule has 6 rings (SSSR count). The highest BCUT2D eigenvalue weighted by Gasteiger charge is 2.28. The third-order valence-electron chi connectivity index (χ3n) is 12.3. The summed E-state index contributed by atoms with van der Waals surface area (Å²) in [6.45, 7) is 4.01. The second-order valence-electron chi connectivity index (χ2n) is 16.7. The molecule has 1 fully saturated rings. The van der Waals surface area contributed by atoms with Crippen molar-refractivity contribution in [2.24, 2.45) is 0 Å². The fourth-order valence-corrected chi connectivity index (χ4v) is 9.12. The van der Waals surface area contributed by atoms with E-state index in [1.54, 1.807) is 0 Å². The van der Waals surface area contributed by atoms with Gasteiger partial charge < -0.3 is 14.8 Å². The standard InChI is InChI=1S/C49H71N3O2/c53-46(40-54-49-30-23-29-48-47(49)33-34-50-48)39-52-38-45-28-21-20-27-44(52)26-17-15-13-11-9-7-5-3-1-2-4-6-8-10-12-14-16-22-35-51(45)37-41-31-32-42-24-18-19-25-43(42)36-41/h18-21,23-25,29-34,36,44-46,50,53H,1-17,22,26-28,35,37-40H2. The third kappa shape index (κ3) is 13.3. The van der Waals surface area contributed by atoms with Crippen LogP contribution in [0.1, 0.15) is 140 Å². The van der Waals surface area contributed by atoms with Crippen molar-refractivity contribution in [3.05, 3.63) is 90.6 Å². The van der Waals surface area contributed by atoms with Crippen molar-refractivity contribution in [1.82, 2.24) is 14.8 Å². The van der Waals surface area contributed by atoms with E-state index in [4.69, 9.17) is 4.74 Å². The Labute approximate surface area is 327 Å². The van der Waals surface area contributed by atoms with Crippen LogP contribution in [-0.4, -0.2) is 64.3 Å². The van der Waals surface area contributed by atoms with Crippen LogP contribution in [0.4, 0.5) is 0 Å². The predicted molar refractivity (Wildman–Crippen MR) is 229 cm³/mol. The van der Waals surface area contributed by atoms with Gasteiger partial charge in [-0.05, 0) is 72.8 Å². The van der Waals surface area contributed by atoms with Gasteiger partial charge in [-0.3, -0.25) is 9.80 Å². The fourth-order valence-electron chi connectivity index (χ4n) is 9.12. The van der Waals surface area contributed by atoms with Gasteiger partial charge in [0.25, 0.3) is 0 Å². The van der Waals surface area contributed by atoms with Crippen molar-refractivity contribution in [3.63, 3.8) is 0 Å². The number of aromatic nitrogens is 1. The van der Waals surface area contributed by atoms with E-state index in [-0.39, 0.29) is 0 Å². The summed E-state index contributed by atoms with van der Waals surface area (Å²) < 4.78 is 6.30. The van der Waals surface area contributed by atoms with Gasteiger partial charge in [-0.25, -0.2) is 0 Å². The fraction of sp³-hybridized carbons (Fsp3) is 0.592. The van der Waals surface area contributed by atoms with E-state index >= 15 is 0 Å². The Hall–Kier alpha value is -3.12. The zero-order valence-electron chi connectivity index (χ0n) is 33.4. The van der Waals surface area contributed by atoms with E-state index in [9.17, 15) is 5.11 Å². The molecule has 0 spiro atoms. The van der Waals surface area contributed by atoms with Gasteiger partial charge in [0.2, 0.25) is 0 Å². The largest absolute Gasteiger partial charge is 0.490 e. The minimum atomic E-state index is -0.560. The minimum Gasteiger partial charge on any atom is -0.490 e. The Kier molecular flexibility index (Phi) is 17.3. The number of H-pyrrole nitrogens is 1. The van der Waals surface area contributed by atoms with Gasteiger partial charge in [0.1, 0.15) is 18.5 Å². The number of ether oxygens (including phenoxy) is 1. The van der Waals surface area contributed by atoms with Crippen molar-refractivity contribution in [1.29, 1.82) is 0 Å². The molecule has 294 valence electrons. The van der Waals surface area contributed by atoms with E-state index in [1.165, 1.54) is 138 Å². The summed E-state index contributed by atoms with van der Waals surface area (Å²) in [5.74, 6) is 0.840.